The van der Waals surface area contributed by atoms with Gasteiger partial charge in [0, 0.05) is 19.3 Å². The molecule has 1 unspecified atom stereocenters. The maximum absolute atomic E-state index is 12.8. The summed E-state index contributed by atoms with van der Waals surface area (Å²) >= 11 is 0. The maximum atomic E-state index is 12.8. The maximum Gasteiger partial charge on any atom is 0.306 e. The van der Waals surface area contributed by atoms with Gasteiger partial charge in [0.15, 0.2) is 6.10 Å². The van der Waals surface area contributed by atoms with Gasteiger partial charge < -0.3 is 14.2 Å². The lowest BCUT2D eigenvalue weighted by Crippen LogP contribution is -2.30. The predicted octanol–water partition coefficient (Wildman–Crippen LogP) is 21.5. The summed E-state index contributed by atoms with van der Waals surface area (Å²) in [7, 11) is 0. The lowest BCUT2D eigenvalue weighted by atomic mass is 10.0. The van der Waals surface area contributed by atoms with Crippen molar-refractivity contribution >= 4 is 17.9 Å². The Morgan fingerprint density at radius 3 is 0.878 bits per heavy atom. The molecule has 0 radical (unpaired) electrons. The van der Waals surface area contributed by atoms with E-state index in [1.807, 2.05) is 0 Å². The molecule has 0 amide bonds. The van der Waals surface area contributed by atoms with Gasteiger partial charge in [0.2, 0.25) is 0 Å². The summed E-state index contributed by atoms with van der Waals surface area (Å²) in [5.74, 6) is -0.875. The number of esters is 3. The molecule has 0 bridgehead atoms. The third-order valence-corrected chi connectivity index (χ3v) is 13.6. The molecule has 0 spiro atoms. The van der Waals surface area contributed by atoms with Gasteiger partial charge in [-0.25, -0.2) is 0 Å². The highest BCUT2D eigenvalue weighted by molar-refractivity contribution is 5.71. The van der Waals surface area contributed by atoms with Gasteiger partial charge in [-0.2, -0.15) is 0 Å². The standard InChI is InChI=1S/C68H118O6/c1-4-7-10-13-16-19-22-24-25-26-27-28-29-30-31-32-33-34-35-36-37-38-39-40-41-42-43-44-47-49-52-55-58-61-67(70)73-64-65(63-72-66(69)60-57-54-51-48-45-21-18-15-12-9-6-3)74-68(71)62-59-56-53-50-46-23-20-17-14-11-8-5-2/h7,10,15-16,18-19,24-25,27-28,30-31,33-34,65H,4-6,8-9,11-14,17,20-23,26,29,32,35-64H2,1-3H3/b10-7-,18-15-,19-16-,25-24-,28-27-,31-30-,34-33-. The molecule has 0 fully saturated rings. The van der Waals surface area contributed by atoms with Crippen molar-refractivity contribution in [1.82, 2.24) is 0 Å². The molecule has 0 aliphatic rings. The number of carbonyl (C=O) groups excluding carboxylic acids is 3. The fraction of sp³-hybridized carbons (Fsp3) is 0.750. The Balaban J connectivity index is 4.09. The minimum absolute atomic E-state index is 0.0751. The third kappa shape index (κ3) is 59.5. The smallest absolute Gasteiger partial charge is 0.306 e. The highest BCUT2D eigenvalue weighted by Crippen LogP contribution is 2.17. The summed E-state index contributed by atoms with van der Waals surface area (Å²) in [4.78, 5) is 38.1. The van der Waals surface area contributed by atoms with E-state index in [4.69, 9.17) is 14.2 Å². The highest BCUT2D eigenvalue weighted by Gasteiger charge is 2.19. The van der Waals surface area contributed by atoms with Crippen molar-refractivity contribution in [2.45, 2.75) is 316 Å². The van der Waals surface area contributed by atoms with Gasteiger partial charge in [0.1, 0.15) is 13.2 Å². The molecule has 0 N–H and O–H groups in total. The van der Waals surface area contributed by atoms with E-state index < -0.39 is 6.10 Å². The quantitative estimate of drug-likeness (QED) is 0.0261. The first-order chi connectivity index (χ1) is 36.5. The van der Waals surface area contributed by atoms with Crippen LogP contribution in [0.15, 0.2) is 85.1 Å². The van der Waals surface area contributed by atoms with Gasteiger partial charge in [0.05, 0.1) is 0 Å². The molecule has 0 saturated heterocycles. The Hall–Kier alpha value is -3.41. The molecule has 6 nitrogen and oxygen atoms in total. The van der Waals surface area contributed by atoms with E-state index in [0.29, 0.717) is 19.3 Å². The van der Waals surface area contributed by atoms with Crippen molar-refractivity contribution in [3.63, 3.8) is 0 Å². The largest absolute Gasteiger partial charge is 0.462 e. The molecule has 0 saturated carbocycles. The molecule has 6 heteroatoms. The van der Waals surface area contributed by atoms with Gasteiger partial charge in [-0.1, -0.05) is 286 Å². The SMILES string of the molecule is CC/C=C\C/C=C\C/C=C\C/C=C\C/C=C\C/C=C\CCCCCCCCCCCCCCCCC(=O)OCC(COC(=O)CCCCCCC/C=C\CCCC)OC(=O)CCCCCCCCCCCCCC. The lowest BCUT2D eigenvalue weighted by Gasteiger charge is -2.18. The topological polar surface area (TPSA) is 78.9 Å². The monoisotopic (exact) mass is 1030 g/mol. The van der Waals surface area contributed by atoms with Crippen molar-refractivity contribution in [3.05, 3.63) is 85.1 Å². The average molecular weight is 1030 g/mol. The molecule has 0 rings (SSSR count). The fourth-order valence-electron chi connectivity index (χ4n) is 8.90. The van der Waals surface area contributed by atoms with Gasteiger partial charge in [-0.05, 0) is 89.9 Å². The fourth-order valence-corrected chi connectivity index (χ4v) is 8.90. The number of rotatable bonds is 57. The van der Waals surface area contributed by atoms with Gasteiger partial charge in [-0.15, -0.1) is 0 Å². The van der Waals surface area contributed by atoms with E-state index in [9.17, 15) is 14.4 Å². The number of allylic oxidation sites excluding steroid dienone is 14. The van der Waals surface area contributed by atoms with Crippen molar-refractivity contribution in [1.29, 1.82) is 0 Å². The Morgan fingerprint density at radius 2 is 0.541 bits per heavy atom. The second kappa shape index (κ2) is 62.1. The van der Waals surface area contributed by atoms with Gasteiger partial charge in [0.25, 0.3) is 0 Å². The molecule has 0 aliphatic carbocycles. The molecule has 0 aromatic heterocycles. The summed E-state index contributed by atoms with van der Waals surface area (Å²) in [5, 5.41) is 0. The number of hydrogen-bond donors (Lipinski definition) is 0. The van der Waals surface area contributed by atoms with E-state index in [-0.39, 0.29) is 31.1 Å². The van der Waals surface area contributed by atoms with Crippen LogP contribution in [0.2, 0.25) is 0 Å². The van der Waals surface area contributed by atoms with E-state index >= 15 is 0 Å². The predicted molar refractivity (Wildman–Crippen MR) is 321 cm³/mol. The zero-order valence-corrected chi connectivity index (χ0v) is 48.8. The first-order valence-electron chi connectivity index (χ1n) is 31.6. The summed E-state index contributed by atoms with van der Waals surface area (Å²) in [6.45, 7) is 6.50. The average Bonchev–Trinajstić information content (AvgIpc) is 3.40. The van der Waals surface area contributed by atoms with Crippen molar-refractivity contribution in [2.75, 3.05) is 13.2 Å². The summed E-state index contributed by atoms with van der Waals surface area (Å²) in [6.07, 6.45) is 81.8. The molecule has 74 heavy (non-hydrogen) atoms. The zero-order valence-electron chi connectivity index (χ0n) is 48.8. The number of carbonyl (C=O) groups is 3. The van der Waals surface area contributed by atoms with Crippen LogP contribution in [0.5, 0.6) is 0 Å². The van der Waals surface area contributed by atoms with Gasteiger partial charge in [-0.3, -0.25) is 14.4 Å². The van der Waals surface area contributed by atoms with Crippen LogP contribution in [-0.2, 0) is 28.6 Å². The molecule has 426 valence electrons. The van der Waals surface area contributed by atoms with Crippen LogP contribution in [0.25, 0.3) is 0 Å². The number of ether oxygens (including phenoxy) is 3. The second-order valence-corrected chi connectivity index (χ2v) is 20.9. The van der Waals surface area contributed by atoms with Crippen LogP contribution >= 0.6 is 0 Å². The van der Waals surface area contributed by atoms with Crippen molar-refractivity contribution in [2.24, 2.45) is 0 Å². The summed E-state index contributed by atoms with van der Waals surface area (Å²) in [5.41, 5.74) is 0. The molecule has 0 aromatic carbocycles. The normalized spacial score (nSPS) is 12.6. The minimum atomic E-state index is -0.775. The molecule has 0 aromatic rings. The molecule has 0 heterocycles. The Morgan fingerprint density at radius 1 is 0.284 bits per heavy atom. The molecular formula is C68H118O6. The molecule has 0 aliphatic heterocycles. The zero-order chi connectivity index (χ0) is 53.6. The van der Waals surface area contributed by atoms with Crippen LogP contribution in [-0.4, -0.2) is 37.2 Å². The Labute approximate surface area is 458 Å². The molecule has 1 atom stereocenters. The minimum Gasteiger partial charge on any atom is -0.462 e. The summed E-state index contributed by atoms with van der Waals surface area (Å²) < 4.78 is 16.9. The second-order valence-electron chi connectivity index (χ2n) is 20.9. The molecular weight excluding hydrogens is 913 g/mol. The first kappa shape index (κ1) is 70.6. The summed E-state index contributed by atoms with van der Waals surface area (Å²) in [6, 6.07) is 0. The number of hydrogen-bond acceptors (Lipinski definition) is 6. The van der Waals surface area contributed by atoms with E-state index in [1.165, 1.54) is 167 Å². The van der Waals surface area contributed by atoms with Crippen LogP contribution in [0.3, 0.4) is 0 Å². The lowest BCUT2D eigenvalue weighted by molar-refractivity contribution is -0.167. The van der Waals surface area contributed by atoms with Crippen molar-refractivity contribution in [3.8, 4) is 0 Å². The van der Waals surface area contributed by atoms with Crippen LogP contribution < -0.4 is 0 Å². The van der Waals surface area contributed by atoms with Crippen LogP contribution in [0, 0.1) is 0 Å². The van der Waals surface area contributed by atoms with E-state index in [0.717, 1.165) is 103 Å². The number of unbranched alkanes of at least 4 members (excludes halogenated alkanes) is 32. The van der Waals surface area contributed by atoms with Gasteiger partial charge >= 0.3 is 17.9 Å². The van der Waals surface area contributed by atoms with Crippen LogP contribution in [0.1, 0.15) is 310 Å². The Bertz CT molecular complexity index is 1420. The third-order valence-electron chi connectivity index (χ3n) is 13.6. The highest BCUT2D eigenvalue weighted by atomic mass is 16.6. The van der Waals surface area contributed by atoms with Crippen molar-refractivity contribution < 1.29 is 28.6 Å². The Kier molecular flexibility index (Phi) is 59.3. The van der Waals surface area contributed by atoms with E-state index in [2.05, 4.69) is 106 Å². The van der Waals surface area contributed by atoms with Crippen LogP contribution in [0.4, 0.5) is 0 Å². The van der Waals surface area contributed by atoms with E-state index in [1.54, 1.807) is 0 Å². The first-order valence-corrected chi connectivity index (χ1v) is 31.6.